The zero-order chi connectivity index (χ0) is 19.9. The molecule has 3 rings (SSSR count). The van der Waals surface area contributed by atoms with Crippen molar-refractivity contribution in [3.05, 3.63) is 95.3 Å². The molecule has 6 nitrogen and oxygen atoms in total. The number of para-hydroxylation sites is 1. The van der Waals surface area contributed by atoms with E-state index in [2.05, 4.69) is 10.5 Å². The Kier molecular flexibility index (Phi) is 5.76. The number of aromatic hydroxyl groups is 1. The molecule has 7 heteroatoms. The Morgan fingerprint density at radius 3 is 2.25 bits per heavy atom. The third-order valence-corrected chi connectivity index (χ3v) is 3.71. The van der Waals surface area contributed by atoms with E-state index >= 15 is 0 Å². The van der Waals surface area contributed by atoms with Crippen LogP contribution in [0.4, 0.5) is 4.39 Å². The summed E-state index contributed by atoms with van der Waals surface area (Å²) in [6.45, 7) is 0. The first kappa shape index (κ1) is 18.8. The predicted molar refractivity (Wildman–Crippen MR) is 101 cm³/mol. The maximum Gasteiger partial charge on any atom is 0.346 e. The molecule has 3 aromatic carbocycles. The summed E-state index contributed by atoms with van der Waals surface area (Å²) < 4.78 is 18.7. The molecule has 0 radical (unpaired) electrons. The number of hydrazone groups is 1. The zero-order valence-electron chi connectivity index (χ0n) is 14.5. The van der Waals surface area contributed by atoms with E-state index in [4.69, 9.17) is 4.74 Å². The number of amides is 1. The third kappa shape index (κ3) is 4.59. The summed E-state index contributed by atoms with van der Waals surface area (Å²) in [5, 5.41) is 13.4. The summed E-state index contributed by atoms with van der Waals surface area (Å²) in [4.78, 5) is 23.9. The largest absolute Gasteiger partial charge is 0.507 e. The number of phenolic OH excluding ortho intramolecular Hbond substituents is 1. The van der Waals surface area contributed by atoms with Gasteiger partial charge in [0.2, 0.25) is 0 Å². The van der Waals surface area contributed by atoms with Crippen LogP contribution in [0.1, 0.15) is 26.3 Å². The second kappa shape index (κ2) is 8.59. The maximum atomic E-state index is 13.6. The average Bonchev–Trinajstić information content (AvgIpc) is 2.70. The van der Waals surface area contributed by atoms with Gasteiger partial charge in [-0.05, 0) is 54.1 Å². The van der Waals surface area contributed by atoms with Crippen LogP contribution in [0.2, 0.25) is 0 Å². The molecule has 1 amide bonds. The second-order valence-corrected chi connectivity index (χ2v) is 5.65. The number of hydrogen-bond donors (Lipinski definition) is 2. The topological polar surface area (TPSA) is 88.0 Å². The van der Waals surface area contributed by atoms with E-state index in [9.17, 15) is 19.1 Å². The number of esters is 1. The smallest absolute Gasteiger partial charge is 0.346 e. The van der Waals surface area contributed by atoms with Gasteiger partial charge in [0.15, 0.2) is 0 Å². The minimum Gasteiger partial charge on any atom is -0.507 e. The highest BCUT2D eigenvalue weighted by Gasteiger charge is 2.13. The molecule has 0 fully saturated rings. The Labute approximate surface area is 159 Å². The Hall–Kier alpha value is -4.00. The number of phenols is 1. The Bertz CT molecular complexity index is 1030. The van der Waals surface area contributed by atoms with Gasteiger partial charge >= 0.3 is 5.97 Å². The molecule has 0 spiro atoms. The van der Waals surface area contributed by atoms with E-state index in [1.54, 1.807) is 30.3 Å². The van der Waals surface area contributed by atoms with Crippen molar-refractivity contribution in [1.29, 1.82) is 0 Å². The summed E-state index contributed by atoms with van der Waals surface area (Å²) in [6, 6.07) is 17.9. The summed E-state index contributed by atoms with van der Waals surface area (Å²) in [5.74, 6) is -1.91. The van der Waals surface area contributed by atoms with E-state index in [0.29, 0.717) is 5.56 Å². The fourth-order valence-electron chi connectivity index (χ4n) is 2.30. The van der Waals surface area contributed by atoms with Gasteiger partial charge in [-0.25, -0.2) is 14.6 Å². The number of carbonyl (C=O) groups excluding carboxylic acids is 2. The van der Waals surface area contributed by atoms with Crippen molar-refractivity contribution in [2.45, 2.75) is 0 Å². The van der Waals surface area contributed by atoms with E-state index in [1.807, 2.05) is 0 Å². The number of hydrogen-bond acceptors (Lipinski definition) is 5. The van der Waals surface area contributed by atoms with Crippen LogP contribution in [-0.2, 0) is 0 Å². The van der Waals surface area contributed by atoms with Gasteiger partial charge < -0.3 is 9.84 Å². The van der Waals surface area contributed by atoms with Crippen LogP contribution in [-0.4, -0.2) is 23.2 Å². The third-order valence-electron chi connectivity index (χ3n) is 3.71. The summed E-state index contributed by atoms with van der Waals surface area (Å²) in [5.41, 5.74) is 2.89. The molecule has 3 aromatic rings. The van der Waals surface area contributed by atoms with Crippen molar-refractivity contribution in [1.82, 2.24) is 5.43 Å². The lowest BCUT2D eigenvalue weighted by Gasteiger charge is -2.05. The lowest BCUT2D eigenvalue weighted by atomic mass is 10.2. The monoisotopic (exact) mass is 378 g/mol. The normalized spacial score (nSPS) is 10.6. The predicted octanol–water partition coefficient (Wildman–Crippen LogP) is 3.51. The molecule has 0 aliphatic rings. The average molecular weight is 378 g/mol. The van der Waals surface area contributed by atoms with Gasteiger partial charge in [0.05, 0.1) is 17.3 Å². The van der Waals surface area contributed by atoms with Crippen molar-refractivity contribution in [3.63, 3.8) is 0 Å². The molecule has 140 valence electrons. The Morgan fingerprint density at radius 1 is 0.929 bits per heavy atom. The first-order valence-electron chi connectivity index (χ1n) is 8.23. The van der Waals surface area contributed by atoms with Crippen LogP contribution in [0, 0.1) is 5.82 Å². The van der Waals surface area contributed by atoms with Crippen LogP contribution in [0.3, 0.4) is 0 Å². The van der Waals surface area contributed by atoms with Gasteiger partial charge in [-0.2, -0.15) is 5.10 Å². The first-order valence-corrected chi connectivity index (χ1v) is 8.23. The molecule has 0 aromatic heterocycles. The minimum atomic E-state index is -0.797. The van der Waals surface area contributed by atoms with Gasteiger partial charge in [0, 0.05) is 0 Å². The van der Waals surface area contributed by atoms with E-state index in [-0.39, 0.29) is 22.6 Å². The molecule has 28 heavy (non-hydrogen) atoms. The molecule has 0 atom stereocenters. The van der Waals surface area contributed by atoms with Gasteiger partial charge in [0.25, 0.3) is 5.91 Å². The highest BCUT2D eigenvalue weighted by Crippen LogP contribution is 2.16. The lowest BCUT2D eigenvalue weighted by Crippen LogP contribution is -2.17. The van der Waals surface area contributed by atoms with Crippen LogP contribution >= 0.6 is 0 Å². The second-order valence-electron chi connectivity index (χ2n) is 5.65. The molecule has 0 unspecified atom stereocenters. The molecular formula is C21H15FN2O4. The highest BCUT2D eigenvalue weighted by molar-refractivity contribution is 5.97. The minimum absolute atomic E-state index is 0.107. The summed E-state index contributed by atoms with van der Waals surface area (Å²) in [7, 11) is 0. The number of benzene rings is 3. The van der Waals surface area contributed by atoms with Crippen molar-refractivity contribution >= 4 is 18.1 Å². The first-order chi connectivity index (χ1) is 13.5. The zero-order valence-corrected chi connectivity index (χ0v) is 14.5. The van der Waals surface area contributed by atoms with Crippen molar-refractivity contribution in [3.8, 4) is 11.5 Å². The summed E-state index contributed by atoms with van der Waals surface area (Å²) >= 11 is 0. The fourth-order valence-corrected chi connectivity index (χ4v) is 2.30. The standard InChI is InChI=1S/C21H15FN2O4/c22-18-7-3-1-5-16(18)21(27)28-15-11-9-14(10-12-15)13-23-24-20(26)17-6-2-4-8-19(17)25/h1-13,25H,(H,24,26)/b23-13+. The molecule has 0 saturated carbocycles. The van der Waals surface area contributed by atoms with Crippen molar-refractivity contribution in [2.75, 3.05) is 0 Å². The van der Waals surface area contributed by atoms with Crippen LogP contribution in [0.25, 0.3) is 0 Å². The summed E-state index contributed by atoms with van der Waals surface area (Å²) in [6.07, 6.45) is 1.39. The van der Waals surface area contributed by atoms with Crippen molar-refractivity contribution in [2.24, 2.45) is 5.10 Å². The number of halogens is 1. The molecule has 0 heterocycles. The molecular weight excluding hydrogens is 363 g/mol. The quantitative estimate of drug-likeness (QED) is 0.308. The number of rotatable bonds is 5. The van der Waals surface area contributed by atoms with Crippen LogP contribution in [0.15, 0.2) is 77.9 Å². The molecule has 0 bridgehead atoms. The SMILES string of the molecule is O=C(N/N=C/c1ccc(OC(=O)c2ccccc2F)cc1)c1ccccc1O. The van der Waals surface area contributed by atoms with Gasteiger partial charge in [-0.15, -0.1) is 0 Å². The van der Waals surface area contributed by atoms with Crippen LogP contribution < -0.4 is 10.2 Å². The Morgan fingerprint density at radius 2 is 1.57 bits per heavy atom. The maximum absolute atomic E-state index is 13.6. The number of carbonyl (C=O) groups is 2. The number of nitrogens with zero attached hydrogens (tertiary/aromatic N) is 1. The lowest BCUT2D eigenvalue weighted by molar-refractivity contribution is 0.0729. The van der Waals surface area contributed by atoms with Crippen molar-refractivity contribution < 1.29 is 23.8 Å². The number of ether oxygens (including phenoxy) is 1. The van der Waals surface area contributed by atoms with E-state index in [1.165, 1.54) is 48.7 Å². The van der Waals surface area contributed by atoms with E-state index in [0.717, 1.165) is 0 Å². The Balaban J connectivity index is 1.59. The highest BCUT2D eigenvalue weighted by atomic mass is 19.1. The van der Waals surface area contributed by atoms with Crippen LogP contribution in [0.5, 0.6) is 11.5 Å². The number of nitrogens with one attached hydrogen (secondary N) is 1. The van der Waals surface area contributed by atoms with Gasteiger partial charge in [-0.3, -0.25) is 4.79 Å². The van der Waals surface area contributed by atoms with Gasteiger partial charge in [0.1, 0.15) is 17.3 Å². The van der Waals surface area contributed by atoms with Gasteiger partial charge in [-0.1, -0.05) is 24.3 Å². The molecule has 0 aliphatic heterocycles. The molecule has 0 saturated heterocycles. The molecule has 0 aliphatic carbocycles. The fraction of sp³-hybridized carbons (Fsp3) is 0. The molecule has 2 N–H and O–H groups in total. The van der Waals surface area contributed by atoms with E-state index < -0.39 is 17.7 Å².